The van der Waals surface area contributed by atoms with Gasteiger partial charge >= 0.3 is 0 Å². The molecule has 2 N–H and O–H groups in total. The van der Waals surface area contributed by atoms with Crippen molar-refractivity contribution < 1.29 is 0 Å². The molecule has 0 heterocycles. The molecule has 4 aliphatic carbocycles. The summed E-state index contributed by atoms with van der Waals surface area (Å²) >= 11 is 0. The van der Waals surface area contributed by atoms with Crippen LogP contribution in [0.5, 0.6) is 0 Å². The molecule has 0 aromatic rings. The van der Waals surface area contributed by atoms with E-state index in [1.807, 2.05) is 0 Å². The maximum atomic E-state index is 6.83. The Morgan fingerprint density at radius 2 is 0.946 bits per heavy atom. The van der Waals surface area contributed by atoms with Gasteiger partial charge in [0.2, 0.25) is 0 Å². The highest BCUT2D eigenvalue weighted by molar-refractivity contribution is 7.59. The summed E-state index contributed by atoms with van der Waals surface area (Å²) < 4.78 is 0. The standard InChI is InChI=1S/C34H63NP2/c1-34(2,35)29(17-15-27-36(30-19-7-3-8-20-30)31-21-9-4-10-22-31)18-16-28-37(32-23-11-5-12-24-32)33-25-13-6-14-26-33/h17,30-33H,3-16,18-28,35H2,1-2H3. The Bertz CT molecular complexity index is 607. The Balaban J connectivity index is 1.34. The topological polar surface area (TPSA) is 26.0 Å². The largest absolute Gasteiger partial charge is 0.322 e. The highest BCUT2D eigenvalue weighted by atomic mass is 31.1. The Hall–Kier alpha value is 0.560. The van der Waals surface area contributed by atoms with Crippen LogP contribution in [0.2, 0.25) is 0 Å². The SMILES string of the molecule is CC(C)(N)C(=CCCP(C1CCCCC1)C1CCCCC1)CCCP(C1CCCCC1)C1CCCCC1. The second kappa shape index (κ2) is 16.1. The van der Waals surface area contributed by atoms with Crippen LogP contribution in [0.1, 0.15) is 162 Å². The van der Waals surface area contributed by atoms with E-state index in [9.17, 15) is 0 Å². The third-order valence-corrected chi connectivity index (χ3v) is 18.1. The Morgan fingerprint density at radius 3 is 1.30 bits per heavy atom. The van der Waals surface area contributed by atoms with Crippen molar-refractivity contribution in [1.29, 1.82) is 0 Å². The van der Waals surface area contributed by atoms with Crippen LogP contribution in [-0.4, -0.2) is 40.5 Å². The fourth-order valence-electron chi connectivity index (χ4n) is 8.50. The summed E-state index contributed by atoms with van der Waals surface area (Å²) in [6, 6.07) is 0. The summed E-state index contributed by atoms with van der Waals surface area (Å²) in [5, 5.41) is 0. The van der Waals surface area contributed by atoms with Gasteiger partial charge in [0.15, 0.2) is 0 Å². The number of hydrogen-bond acceptors (Lipinski definition) is 1. The molecule has 0 unspecified atom stereocenters. The van der Waals surface area contributed by atoms with E-state index in [0.717, 1.165) is 22.6 Å². The van der Waals surface area contributed by atoms with E-state index < -0.39 is 0 Å². The predicted octanol–water partition coefficient (Wildman–Crippen LogP) is 11.1. The van der Waals surface area contributed by atoms with E-state index in [1.165, 1.54) is 109 Å². The summed E-state index contributed by atoms with van der Waals surface area (Å²) in [6.45, 7) is 4.57. The van der Waals surface area contributed by atoms with Crippen LogP contribution in [0.3, 0.4) is 0 Å². The number of hydrogen-bond donors (Lipinski definition) is 1. The third kappa shape index (κ3) is 9.86. The molecule has 4 rings (SSSR count). The Morgan fingerprint density at radius 1 is 0.595 bits per heavy atom. The van der Waals surface area contributed by atoms with Gasteiger partial charge in [-0.15, -0.1) is 15.8 Å². The van der Waals surface area contributed by atoms with Crippen LogP contribution >= 0.6 is 15.8 Å². The van der Waals surface area contributed by atoms with Crippen molar-refractivity contribution in [3.05, 3.63) is 11.6 Å². The minimum atomic E-state index is -0.142. The van der Waals surface area contributed by atoms with Crippen molar-refractivity contribution in [3.63, 3.8) is 0 Å². The predicted molar refractivity (Wildman–Crippen MR) is 171 cm³/mol. The highest BCUT2D eigenvalue weighted by Gasteiger charge is 2.32. The first-order valence-electron chi connectivity index (χ1n) is 17.0. The minimum Gasteiger partial charge on any atom is -0.322 e. The monoisotopic (exact) mass is 547 g/mol. The van der Waals surface area contributed by atoms with Crippen LogP contribution in [-0.2, 0) is 0 Å². The molecule has 0 aliphatic heterocycles. The minimum absolute atomic E-state index is 0.142. The molecule has 4 fully saturated rings. The molecule has 0 spiro atoms. The summed E-state index contributed by atoms with van der Waals surface area (Å²) in [5.74, 6) is 0. The van der Waals surface area contributed by atoms with Gasteiger partial charge in [-0.2, -0.15) is 0 Å². The molecule has 4 saturated carbocycles. The average Bonchev–Trinajstić information content (AvgIpc) is 2.93. The molecule has 0 radical (unpaired) electrons. The lowest BCUT2D eigenvalue weighted by molar-refractivity contribution is 0.483. The van der Waals surface area contributed by atoms with Crippen LogP contribution < -0.4 is 5.73 Å². The maximum Gasteiger partial charge on any atom is 0.0311 e. The van der Waals surface area contributed by atoms with Crippen molar-refractivity contribution in [3.8, 4) is 0 Å². The van der Waals surface area contributed by atoms with Gasteiger partial charge in [0.1, 0.15) is 0 Å². The number of nitrogens with two attached hydrogens (primary N) is 1. The number of allylic oxidation sites excluding steroid dienone is 1. The van der Waals surface area contributed by atoms with Gasteiger partial charge in [0.25, 0.3) is 0 Å². The third-order valence-electron chi connectivity index (χ3n) is 10.6. The summed E-state index contributed by atoms with van der Waals surface area (Å²) in [5.41, 5.74) is 12.6. The highest BCUT2D eigenvalue weighted by Crippen LogP contribution is 2.57. The molecular formula is C34H63NP2. The summed E-state index contributed by atoms with van der Waals surface area (Å²) in [4.78, 5) is 0. The van der Waals surface area contributed by atoms with Crippen LogP contribution in [0.4, 0.5) is 0 Å². The molecule has 3 heteroatoms. The van der Waals surface area contributed by atoms with E-state index in [-0.39, 0.29) is 21.4 Å². The Labute approximate surface area is 234 Å². The van der Waals surface area contributed by atoms with E-state index in [0.29, 0.717) is 0 Å². The second-order valence-corrected chi connectivity index (χ2v) is 19.9. The van der Waals surface area contributed by atoms with Crippen molar-refractivity contribution in [2.24, 2.45) is 5.73 Å². The fourth-order valence-corrected chi connectivity index (χ4v) is 16.2. The fraction of sp³-hybridized carbons (Fsp3) is 0.941. The van der Waals surface area contributed by atoms with Gasteiger partial charge in [0.05, 0.1) is 0 Å². The molecule has 37 heavy (non-hydrogen) atoms. The summed E-state index contributed by atoms with van der Waals surface area (Å²) in [7, 11) is 0.444. The lowest BCUT2D eigenvalue weighted by Crippen LogP contribution is -2.34. The molecule has 1 nitrogen and oxygen atoms in total. The molecule has 0 aromatic carbocycles. The smallest absolute Gasteiger partial charge is 0.0311 e. The molecule has 0 bridgehead atoms. The van der Waals surface area contributed by atoms with Crippen molar-refractivity contribution >= 4 is 15.8 Å². The van der Waals surface area contributed by atoms with Crippen molar-refractivity contribution in [2.45, 2.75) is 190 Å². The van der Waals surface area contributed by atoms with Gasteiger partial charge in [-0.25, -0.2) is 0 Å². The normalized spacial score (nSPS) is 24.8. The van der Waals surface area contributed by atoms with Crippen LogP contribution in [0.15, 0.2) is 11.6 Å². The lowest BCUT2D eigenvalue weighted by atomic mass is 9.91. The molecule has 0 saturated heterocycles. The molecule has 0 amide bonds. The van der Waals surface area contributed by atoms with Gasteiger partial charge < -0.3 is 5.73 Å². The molecule has 4 aliphatic rings. The first-order chi connectivity index (χ1) is 18.0. The molecule has 214 valence electrons. The quantitative estimate of drug-likeness (QED) is 0.191. The first kappa shape index (κ1) is 30.5. The number of rotatable bonds is 12. The Kier molecular flexibility index (Phi) is 13.3. The molecule has 0 atom stereocenters. The van der Waals surface area contributed by atoms with Crippen LogP contribution in [0, 0.1) is 0 Å². The maximum absolute atomic E-state index is 6.83. The summed E-state index contributed by atoms with van der Waals surface area (Å²) in [6.07, 6.45) is 40.2. The lowest BCUT2D eigenvalue weighted by Gasteiger charge is -2.39. The van der Waals surface area contributed by atoms with Gasteiger partial charge in [-0.3, -0.25) is 0 Å². The van der Waals surface area contributed by atoms with E-state index in [1.54, 1.807) is 56.9 Å². The zero-order chi connectivity index (χ0) is 25.9. The van der Waals surface area contributed by atoms with Gasteiger partial charge in [-0.05, 0) is 119 Å². The van der Waals surface area contributed by atoms with Gasteiger partial charge in [-0.1, -0.05) is 88.7 Å². The average molecular weight is 548 g/mol. The zero-order valence-electron chi connectivity index (χ0n) is 25.0. The molecule has 0 aromatic heterocycles. The molecular weight excluding hydrogens is 484 g/mol. The first-order valence-corrected chi connectivity index (χ1v) is 20.4. The van der Waals surface area contributed by atoms with E-state index in [4.69, 9.17) is 5.73 Å². The zero-order valence-corrected chi connectivity index (χ0v) is 26.8. The van der Waals surface area contributed by atoms with Crippen molar-refractivity contribution in [1.82, 2.24) is 0 Å². The van der Waals surface area contributed by atoms with Crippen LogP contribution in [0.25, 0.3) is 0 Å². The van der Waals surface area contributed by atoms with E-state index in [2.05, 4.69) is 19.9 Å². The van der Waals surface area contributed by atoms with Gasteiger partial charge in [0, 0.05) is 5.54 Å². The van der Waals surface area contributed by atoms with E-state index >= 15 is 0 Å². The van der Waals surface area contributed by atoms with Crippen molar-refractivity contribution in [2.75, 3.05) is 12.3 Å². The second-order valence-electron chi connectivity index (χ2n) is 14.0.